The average molecular weight is 289 g/mol. The first kappa shape index (κ1) is 12.7. The predicted molar refractivity (Wildman–Crippen MR) is 77.3 cm³/mol. The number of hydrogen-bond acceptors (Lipinski definition) is 4. The van der Waals surface area contributed by atoms with E-state index >= 15 is 0 Å². The van der Waals surface area contributed by atoms with Gasteiger partial charge in [-0.1, -0.05) is 11.6 Å². The summed E-state index contributed by atoms with van der Waals surface area (Å²) in [5.74, 6) is 0.565. The quantitative estimate of drug-likeness (QED) is 0.784. The fourth-order valence-electron chi connectivity index (χ4n) is 1.94. The number of fused-ring (bicyclic) bond motifs is 1. The highest BCUT2D eigenvalue weighted by Gasteiger charge is 2.11. The summed E-state index contributed by atoms with van der Waals surface area (Å²) in [5.41, 5.74) is 1.36. The van der Waals surface area contributed by atoms with E-state index in [4.69, 9.17) is 11.6 Å². The van der Waals surface area contributed by atoms with Crippen LogP contribution in [-0.4, -0.2) is 22.0 Å². The molecular weight excluding hydrogens is 279 g/mol. The van der Waals surface area contributed by atoms with Crippen molar-refractivity contribution in [1.29, 1.82) is 0 Å². The summed E-state index contributed by atoms with van der Waals surface area (Å²) in [4.78, 5) is 12.8. The first-order chi connectivity index (χ1) is 9.69. The van der Waals surface area contributed by atoms with Crippen LogP contribution in [-0.2, 0) is 0 Å². The van der Waals surface area contributed by atoms with Crippen molar-refractivity contribution in [2.75, 3.05) is 12.4 Å². The van der Waals surface area contributed by atoms with Crippen LogP contribution < -0.4 is 5.32 Å². The Balaban J connectivity index is 2.29. The molecular formula is C14H10ClFN4. The summed E-state index contributed by atoms with van der Waals surface area (Å²) < 4.78 is 13.6. The summed E-state index contributed by atoms with van der Waals surface area (Å²) in [7, 11) is 1.72. The second kappa shape index (κ2) is 5.02. The van der Waals surface area contributed by atoms with Crippen LogP contribution in [0.25, 0.3) is 22.3 Å². The van der Waals surface area contributed by atoms with E-state index in [1.165, 1.54) is 12.1 Å². The molecule has 2 aromatic heterocycles. The molecule has 0 spiro atoms. The second-order valence-electron chi connectivity index (χ2n) is 4.17. The molecule has 0 aliphatic rings. The van der Waals surface area contributed by atoms with Gasteiger partial charge in [-0.15, -0.1) is 0 Å². The summed E-state index contributed by atoms with van der Waals surface area (Å²) in [6.45, 7) is 0. The molecule has 0 amide bonds. The van der Waals surface area contributed by atoms with Crippen LogP contribution in [0.2, 0.25) is 5.02 Å². The molecule has 6 heteroatoms. The molecule has 0 saturated heterocycles. The van der Waals surface area contributed by atoms with E-state index in [9.17, 15) is 4.39 Å². The van der Waals surface area contributed by atoms with Crippen LogP contribution in [0.3, 0.4) is 0 Å². The third kappa shape index (κ3) is 2.16. The van der Waals surface area contributed by atoms with E-state index in [2.05, 4.69) is 20.3 Å². The SMILES string of the molecule is CNc1nc(-c2cccnc2)nc2cc(Cl)c(F)cc12. The van der Waals surface area contributed by atoms with Crippen molar-refractivity contribution in [3.05, 3.63) is 47.5 Å². The molecule has 0 radical (unpaired) electrons. The zero-order chi connectivity index (χ0) is 14.1. The number of nitrogens with zero attached hydrogens (tertiary/aromatic N) is 3. The number of halogens is 2. The number of benzene rings is 1. The van der Waals surface area contributed by atoms with Gasteiger partial charge in [0.15, 0.2) is 5.82 Å². The molecule has 1 N–H and O–H groups in total. The molecule has 0 fully saturated rings. The van der Waals surface area contributed by atoms with E-state index in [0.717, 1.165) is 5.56 Å². The van der Waals surface area contributed by atoms with Gasteiger partial charge in [0, 0.05) is 30.4 Å². The maximum Gasteiger partial charge on any atom is 0.163 e. The van der Waals surface area contributed by atoms with Gasteiger partial charge in [0.1, 0.15) is 11.6 Å². The minimum absolute atomic E-state index is 0.0374. The summed E-state index contributed by atoms with van der Waals surface area (Å²) in [5, 5.41) is 3.57. The second-order valence-corrected chi connectivity index (χ2v) is 4.58. The normalized spacial score (nSPS) is 10.8. The van der Waals surface area contributed by atoms with Gasteiger partial charge < -0.3 is 5.32 Å². The van der Waals surface area contributed by atoms with Crippen molar-refractivity contribution in [2.24, 2.45) is 0 Å². The van der Waals surface area contributed by atoms with Gasteiger partial charge in [-0.05, 0) is 24.3 Å². The van der Waals surface area contributed by atoms with Crippen molar-refractivity contribution in [3.63, 3.8) is 0 Å². The Hall–Kier alpha value is -2.27. The zero-order valence-corrected chi connectivity index (χ0v) is 11.3. The fraction of sp³-hybridized carbons (Fsp3) is 0.0714. The van der Waals surface area contributed by atoms with Gasteiger partial charge in [-0.25, -0.2) is 14.4 Å². The number of nitrogens with one attached hydrogen (secondary N) is 1. The first-order valence-electron chi connectivity index (χ1n) is 5.94. The molecule has 0 unspecified atom stereocenters. The van der Waals surface area contributed by atoms with Crippen molar-refractivity contribution in [3.8, 4) is 11.4 Å². The largest absolute Gasteiger partial charge is 0.373 e. The molecule has 0 bridgehead atoms. The molecule has 0 aliphatic carbocycles. The molecule has 3 aromatic rings. The lowest BCUT2D eigenvalue weighted by atomic mass is 10.2. The summed E-state index contributed by atoms with van der Waals surface area (Å²) >= 11 is 5.81. The van der Waals surface area contributed by atoms with Crippen LogP contribution in [0.4, 0.5) is 10.2 Å². The highest BCUT2D eigenvalue weighted by Crippen LogP contribution is 2.28. The molecule has 3 rings (SSSR count). The lowest BCUT2D eigenvalue weighted by Crippen LogP contribution is -1.99. The van der Waals surface area contributed by atoms with E-state index in [1.54, 1.807) is 25.5 Å². The predicted octanol–water partition coefficient (Wildman–Crippen LogP) is 3.53. The topological polar surface area (TPSA) is 50.7 Å². The van der Waals surface area contributed by atoms with Gasteiger partial charge in [0.05, 0.1) is 10.5 Å². The minimum Gasteiger partial charge on any atom is -0.373 e. The van der Waals surface area contributed by atoms with Gasteiger partial charge in [-0.3, -0.25) is 4.98 Å². The molecule has 100 valence electrons. The Morgan fingerprint density at radius 2 is 2.10 bits per heavy atom. The molecule has 0 saturated carbocycles. The molecule has 20 heavy (non-hydrogen) atoms. The highest BCUT2D eigenvalue weighted by molar-refractivity contribution is 6.31. The van der Waals surface area contributed by atoms with E-state index < -0.39 is 5.82 Å². The summed E-state index contributed by atoms with van der Waals surface area (Å²) in [6.07, 6.45) is 3.35. The monoisotopic (exact) mass is 288 g/mol. The Bertz CT molecular complexity index is 777. The highest BCUT2D eigenvalue weighted by atomic mass is 35.5. The number of hydrogen-bond donors (Lipinski definition) is 1. The minimum atomic E-state index is -0.492. The van der Waals surface area contributed by atoms with Gasteiger partial charge >= 0.3 is 0 Å². The standard InChI is InChI=1S/C14H10ClFN4/c1-17-14-9-5-11(16)10(15)6-12(9)19-13(20-14)8-3-2-4-18-7-8/h2-7H,1H3,(H,17,19,20). The molecule has 0 atom stereocenters. The van der Waals surface area contributed by atoms with E-state index in [1.807, 2.05) is 6.07 Å². The van der Waals surface area contributed by atoms with Crippen LogP contribution in [0, 0.1) is 5.82 Å². The third-order valence-corrected chi connectivity index (χ3v) is 3.18. The molecule has 0 aliphatic heterocycles. The van der Waals surface area contributed by atoms with Gasteiger partial charge in [0.25, 0.3) is 0 Å². The van der Waals surface area contributed by atoms with Gasteiger partial charge in [0.2, 0.25) is 0 Å². The maximum atomic E-state index is 13.6. The fourth-order valence-corrected chi connectivity index (χ4v) is 2.10. The first-order valence-corrected chi connectivity index (χ1v) is 6.32. The Labute approximate surface area is 119 Å². The lowest BCUT2D eigenvalue weighted by Gasteiger charge is -2.08. The van der Waals surface area contributed by atoms with Crippen LogP contribution >= 0.6 is 11.6 Å². The Kier molecular flexibility index (Phi) is 3.20. The Morgan fingerprint density at radius 1 is 1.25 bits per heavy atom. The van der Waals surface area contributed by atoms with E-state index in [-0.39, 0.29) is 5.02 Å². The van der Waals surface area contributed by atoms with Crippen molar-refractivity contribution >= 4 is 28.3 Å². The maximum absolute atomic E-state index is 13.6. The van der Waals surface area contributed by atoms with Crippen molar-refractivity contribution in [1.82, 2.24) is 15.0 Å². The molecule has 1 aromatic carbocycles. The number of pyridine rings is 1. The third-order valence-electron chi connectivity index (χ3n) is 2.89. The zero-order valence-electron chi connectivity index (χ0n) is 10.6. The number of rotatable bonds is 2. The van der Waals surface area contributed by atoms with Gasteiger partial charge in [-0.2, -0.15) is 0 Å². The number of anilines is 1. The Morgan fingerprint density at radius 3 is 2.80 bits per heavy atom. The molecule has 2 heterocycles. The van der Waals surface area contributed by atoms with Crippen LogP contribution in [0.5, 0.6) is 0 Å². The van der Waals surface area contributed by atoms with Crippen molar-refractivity contribution in [2.45, 2.75) is 0 Å². The smallest absolute Gasteiger partial charge is 0.163 e. The molecule has 4 nitrogen and oxygen atoms in total. The number of aromatic nitrogens is 3. The van der Waals surface area contributed by atoms with E-state index in [0.29, 0.717) is 22.5 Å². The average Bonchev–Trinajstić information content (AvgIpc) is 2.48. The van der Waals surface area contributed by atoms with Crippen molar-refractivity contribution < 1.29 is 4.39 Å². The van der Waals surface area contributed by atoms with Crippen LogP contribution in [0.1, 0.15) is 0 Å². The van der Waals surface area contributed by atoms with Crippen LogP contribution in [0.15, 0.2) is 36.7 Å². The summed E-state index contributed by atoms with van der Waals surface area (Å²) in [6, 6.07) is 6.49. The lowest BCUT2D eigenvalue weighted by molar-refractivity contribution is 0.630.